The molecular formula is C16H28N2O2. The Morgan fingerprint density at radius 2 is 1.95 bits per heavy atom. The van der Waals surface area contributed by atoms with Gasteiger partial charge in [0.2, 0.25) is 5.91 Å². The smallest absolute Gasteiger partial charge is 0.222 e. The van der Waals surface area contributed by atoms with Crippen molar-refractivity contribution >= 4 is 5.91 Å². The molecule has 3 aliphatic rings. The molecule has 0 aromatic rings. The van der Waals surface area contributed by atoms with Crippen LogP contribution in [0.1, 0.15) is 45.4 Å². The van der Waals surface area contributed by atoms with Gasteiger partial charge in [0.1, 0.15) is 0 Å². The van der Waals surface area contributed by atoms with Crippen LogP contribution in [-0.2, 0) is 9.53 Å². The average Bonchev–Trinajstić information content (AvgIpc) is 2.78. The number of carbonyl (C=O) groups is 1. The van der Waals surface area contributed by atoms with Gasteiger partial charge in [-0.2, -0.15) is 0 Å². The van der Waals surface area contributed by atoms with E-state index in [0.717, 1.165) is 25.9 Å². The first kappa shape index (κ1) is 14.3. The first-order valence-corrected chi connectivity index (χ1v) is 8.22. The fourth-order valence-electron chi connectivity index (χ4n) is 4.29. The summed E-state index contributed by atoms with van der Waals surface area (Å²) in [7, 11) is 1.76. The Kier molecular flexibility index (Phi) is 4.32. The first-order chi connectivity index (χ1) is 9.65. The molecule has 0 saturated carbocycles. The minimum absolute atomic E-state index is 0.219. The molecule has 3 fully saturated rings. The van der Waals surface area contributed by atoms with Crippen molar-refractivity contribution in [1.82, 2.24) is 10.2 Å². The molecule has 0 aliphatic carbocycles. The highest BCUT2D eigenvalue weighted by Gasteiger charge is 2.36. The highest BCUT2D eigenvalue weighted by Crippen LogP contribution is 2.33. The molecule has 0 radical (unpaired) electrons. The molecule has 3 rings (SSSR count). The number of hydrogen-bond acceptors (Lipinski definition) is 3. The number of carbonyl (C=O) groups excluding carboxylic acids is 1. The predicted octanol–water partition coefficient (Wildman–Crippen LogP) is 1.79. The lowest BCUT2D eigenvalue weighted by Gasteiger charge is -2.37. The molecule has 3 heterocycles. The number of piperidine rings is 2. The van der Waals surface area contributed by atoms with E-state index < -0.39 is 0 Å². The summed E-state index contributed by atoms with van der Waals surface area (Å²) < 4.78 is 5.51. The van der Waals surface area contributed by atoms with Crippen molar-refractivity contribution < 1.29 is 9.53 Å². The van der Waals surface area contributed by atoms with E-state index in [1.54, 1.807) is 7.11 Å². The number of rotatable bonds is 3. The summed E-state index contributed by atoms with van der Waals surface area (Å²) in [4.78, 5) is 14.6. The SMILES string of the molecule is COC1CN(C(=O)CC2CC3CCC(C2)N3)CCC1C. The van der Waals surface area contributed by atoms with Crippen LogP contribution in [0.25, 0.3) is 0 Å². The number of nitrogens with one attached hydrogen (secondary N) is 1. The summed E-state index contributed by atoms with van der Waals surface area (Å²) in [5.74, 6) is 1.52. The van der Waals surface area contributed by atoms with E-state index in [4.69, 9.17) is 4.74 Å². The molecule has 3 saturated heterocycles. The zero-order valence-corrected chi connectivity index (χ0v) is 12.8. The van der Waals surface area contributed by atoms with E-state index in [0.29, 0.717) is 29.8 Å². The van der Waals surface area contributed by atoms with Gasteiger partial charge in [-0.05, 0) is 43.9 Å². The fourth-order valence-corrected chi connectivity index (χ4v) is 4.29. The van der Waals surface area contributed by atoms with Crippen LogP contribution in [0.5, 0.6) is 0 Å². The third kappa shape index (κ3) is 3.01. The molecule has 2 bridgehead atoms. The second-order valence-electron chi connectivity index (χ2n) is 7.06. The molecule has 0 aromatic carbocycles. The normalized spacial score (nSPS) is 40.9. The maximum Gasteiger partial charge on any atom is 0.222 e. The third-order valence-electron chi connectivity index (χ3n) is 5.58. The van der Waals surface area contributed by atoms with Crippen molar-refractivity contribution in [2.45, 2.75) is 63.6 Å². The van der Waals surface area contributed by atoms with Crippen LogP contribution in [0, 0.1) is 11.8 Å². The van der Waals surface area contributed by atoms with Gasteiger partial charge >= 0.3 is 0 Å². The summed E-state index contributed by atoms with van der Waals surface area (Å²) in [6.07, 6.45) is 7.05. The van der Waals surface area contributed by atoms with Gasteiger partial charge in [-0.15, -0.1) is 0 Å². The second kappa shape index (κ2) is 6.02. The second-order valence-corrected chi connectivity index (χ2v) is 7.06. The van der Waals surface area contributed by atoms with E-state index in [1.807, 2.05) is 4.90 Å². The van der Waals surface area contributed by atoms with Gasteiger partial charge in [0.25, 0.3) is 0 Å². The largest absolute Gasteiger partial charge is 0.379 e. The van der Waals surface area contributed by atoms with Crippen LogP contribution in [-0.4, -0.2) is 49.2 Å². The molecular weight excluding hydrogens is 252 g/mol. The first-order valence-electron chi connectivity index (χ1n) is 8.22. The number of amides is 1. The molecule has 3 aliphatic heterocycles. The summed E-state index contributed by atoms with van der Waals surface area (Å²) in [5.41, 5.74) is 0. The zero-order valence-electron chi connectivity index (χ0n) is 12.8. The van der Waals surface area contributed by atoms with Crippen LogP contribution in [0.15, 0.2) is 0 Å². The molecule has 114 valence electrons. The van der Waals surface area contributed by atoms with Gasteiger partial charge in [-0.25, -0.2) is 0 Å². The number of hydrogen-bond donors (Lipinski definition) is 1. The Morgan fingerprint density at radius 3 is 2.60 bits per heavy atom. The molecule has 1 amide bonds. The average molecular weight is 280 g/mol. The minimum atomic E-state index is 0.219. The van der Waals surface area contributed by atoms with Gasteiger partial charge in [0, 0.05) is 38.7 Å². The number of ether oxygens (including phenoxy) is 1. The maximum absolute atomic E-state index is 12.5. The van der Waals surface area contributed by atoms with Gasteiger partial charge in [-0.1, -0.05) is 6.92 Å². The summed E-state index contributed by atoms with van der Waals surface area (Å²) in [5, 5.41) is 3.65. The van der Waals surface area contributed by atoms with Crippen molar-refractivity contribution in [3.8, 4) is 0 Å². The Bertz CT molecular complexity index is 348. The lowest BCUT2D eigenvalue weighted by Crippen LogP contribution is -2.47. The molecule has 0 spiro atoms. The van der Waals surface area contributed by atoms with Gasteiger partial charge < -0.3 is 15.0 Å². The molecule has 4 heteroatoms. The van der Waals surface area contributed by atoms with Crippen LogP contribution in [0.3, 0.4) is 0 Å². The topological polar surface area (TPSA) is 41.6 Å². The lowest BCUT2D eigenvalue weighted by atomic mass is 9.88. The molecule has 0 aromatic heterocycles. The van der Waals surface area contributed by atoms with Crippen molar-refractivity contribution in [2.24, 2.45) is 11.8 Å². The van der Waals surface area contributed by atoms with E-state index in [9.17, 15) is 4.79 Å². The van der Waals surface area contributed by atoms with E-state index in [1.165, 1.54) is 25.7 Å². The fraction of sp³-hybridized carbons (Fsp3) is 0.938. The van der Waals surface area contributed by atoms with E-state index >= 15 is 0 Å². The molecule has 4 unspecified atom stereocenters. The Balaban J connectivity index is 1.51. The number of fused-ring (bicyclic) bond motifs is 2. The quantitative estimate of drug-likeness (QED) is 0.857. The molecule has 4 nitrogen and oxygen atoms in total. The van der Waals surface area contributed by atoms with Crippen LogP contribution in [0.2, 0.25) is 0 Å². The number of nitrogens with zero attached hydrogens (tertiary/aromatic N) is 1. The predicted molar refractivity (Wildman–Crippen MR) is 78.4 cm³/mol. The molecule has 20 heavy (non-hydrogen) atoms. The van der Waals surface area contributed by atoms with Crippen LogP contribution >= 0.6 is 0 Å². The highest BCUT2D eigenvalue weighted by molar-refractivity contribution is 5.76. The summed E-state index contributed by atoms with van der Waals surface area (Å²) >= 11 is 0. The molecule has 1 N–H and O–H groups in total. The third-order valence-corrected chi connectivity index (χ3v) is 5.58. The Labute approximate surface area is 122 Å². The van der Waals surface area contributed by atoms with Crippen LogP contribution < -0.4 is 5.32 Å². The minimum Gasteiger partial charge on any atom is -0.379 e. The Hall–Kier alpha value is -0.610. The zero-order chi connectivity index (χ0) is 14.1. The lowest BCUT2D eigenvalue weighted by molar-refractivity contribution is -0.137. The van der Waals surface area contributed by atoms with Crippen molar-refractivity contribution in [1.29, 1.82) is 0 Å². The number of methoxy groups -OCH3 is 1. The van der Waals surface area contributed by atoms with Crippen LogP contribution in [0.4, 0.5) is 0 Å². The monoisotopic (exact) mass is 280 g/mol. The summed E-state index contributed by atoms with van der Waals surface area (Å²) in [6, 6.07) is 1.36. The maximum atomic E-state index is 12.5. The highest BCUT2D eigenvalue weighted by atomic mass is 16.5. The van der Waals surface area contributed by atoms with E-state index in [2.05, 4.69) is 12.2 Å². The number of likely N-dealkylation sites (tertiary alicyclic amines) is 1. The molecule has 4 atom stereocenters. The van der Waals surface area contributed by atoms with Gasteiger partial charge in [-0.3, -0.25) is 4.79 Å². The Morgan fingerprint density at radius 1 is 1.25 bits per heavy atom. The van der Waals surface area contributed by atoms with Gasteiger partial charge in [0.05, 0.1) is 6.10 Å². The van der Waals surface area contributed by atoms with Gasteiger partial charge in [0.15, 0.2) is 0 Å². The van der Waals surface area contributed by atoms with E-state index in [-0.39, 0.29) is 6.10 Å². The van der Waals surface area contributed by atoms with Crippen molar-refractivity contribution in [3.05, 3.63) is 0 Å². The standard InChI is InChI=1S/C16H28N2O2/c1-11-5-6-18(10-15(11)20-2)16(19)9-12-7-13-3-4-14(8-12)17-13/h11-15,17H,3-10H2,1-2H3. The van der Waals surface area contributed by atoms with Crippen molar-refractivity contribution in [3.63, 3.8) is 0 Å². The summed E-state index contributed by atoms with van der Waals surface area (Å²) in [6.45, 7) is 3.92. The van der Waals surface area contributed by atoms with Crippen molar-refractivity contribution in [2.75, 3.05) is 20.2 Å².